The second-order valence-electron chi connectivity index (χ2n) is 4.09. The number of carbonyl (C=O) groups is 1. The lowest BCUT2D eigenvalue weighted by atomic mass is 10.1. The topological polar surface area (TPSA) is 29.1 Å². The smallest absolute Gasteiger partial charge is 0.238 e. The van der Waals surface area contributed by atoms with Gasteiger partial charge in [-0.2, -0.15) is 0 Å². The van der Waals surface area contributed by atoms with Crippen LogP contribution in [0.1, 0.15) is 19.4 Å². The summed E-state index contributed by atoms with van der Waals surface area (Å²) in [5.74, 6) is 0.230. The van der Waals surface area contributed by atoms with Gasteiger partial charge in [0.25, 0.3) is 0 Å². The van der Waals surface area contributed by atoms with Crippen molar-refractivity contribution >= 4 is 39.1 Å². The predicted octanol–water partition coefficient (Wildman–Crippen LogP) is 4.01. The van der Waals surface area contributed by atoms with Crippen molar-refractivity contribution in [1.29, 1.82) is 0 Å². The number of carbonyl (C=O) groups excluding carboxylic acids is 1. The highest BCUT2D eigenvalue weighted by atomic mass is 79.9. The number of amides is 1. The van der Waals surface area contributed by atoms with E-state index in [1.54, 1.807) is 6.07 Å². The molecule has 0 aliphatic carbocycles. The zero-order valence-corrected chi connectivity index (χ0v) is 11.9. The Hall–Kier alpha value is -0.540. The second kappa shape index (κ2) is 5.69. The van der Waals surface area contributed by atoms with E-state index < -0.39 is 0 Å². The number of benzene rings is 1. The van der Waals surface area contributed by atoms with Crippen molar-refractivity contribution in [2.75, 3.05) is 5.32 Å². The molecule has 1 atom stereocenters. The van der Waals surface area contributed by atoms with Gasteiger partial charge in [-0.25, -0.2) is 0 Å². The molecular formula is C12H15BrClNO. The van der Waals surface area contributed by atoms with Gasteiger partial charge < -0.3 is 5.32 Å². The maximum atomic E-state index is 11.8. The highest BCUT2D eigenvalue weighted by Crippen LogP contribution is 2.21. The van der Waals surface area contributed by atoms with Crippen molar-refractivity contribution in [3.8, 4) is 0 Å². The van der Waals surface area contributed by atoms with Crippen LogP contribution in [0.4, 0.5) is 5.69 Å². The molecule has 0 radical (unpaired) electrons. The van der Waals surface area contributed by atoms with Gasteiger partial charge in [0.1, 0.15) is 0 Å². The molecule has 1 amide bonds. The summed E-state index contributed by atoms with van der Waals surface area (Å²) in [6.45, 7) is 5.90. The van der Waals surface area contributed by atoms with Gasteiger partial charge in [-0.05, 0) is 36.6 Å². The quantitative estimate of drug-likeness (QED) is 0.840. The molecule has 16 heavy (non-hydrogen) atoms. The third kappa shape index (κ3) is 3.49. The molecule has 1 rings (SSSR count). The molecule has 0 aromatic heterocycles. The Balaban J connectivity index is 2.77. The highest BCUT2D eigenvalue weighted by molar-refractivity contribution is 9.10. The molecule has 0 spiro atoms. The Morgan fingerprint density at radius 1 is 1.44 bits per heavy atom. The van der Waals surface area contributed by atoms with E-state index in [0.29, 0.717) is 5.02 Å². The number of rotatable bonds is 3. The summed E-state index contributed by atoms with van der Waals surface area (Å²) in [7, 11) is 0. The molecule has 0 fully saturated rings. The summed E-state index contributed by atoms with van der Waals surface area (Å²) in [6, 6.07) is 5.41. The number of hydrogen-bond donors (Lipinski definition) is 1. The number of alkyl halides is 1. The first kappa shape index (κ1) is 13.5. The first-order valence-electron chi connectivity index (χ1n) is 5.13. The van der Waals surface area contributed by atoms with Crippen LogP contribution in [0.3, 0.4) is 0 Å². The van der Waals surface area contributed by atoms with Crippen LogP contribution >= 0.6 is 27.5 Å². The number of anilines is 1. The Bertz CT molecular complexity index is 393. The van der Waals surface area contributed by atoms with Gasteiger partial charge in [0.2, 0.25) is 5.91 Å². The molecule has 1 aromatic carbocycles. The standard InChI is InChI=1S/C12H15BrClNO/c1-7(2)11(13)12(16)15-10-5-4-9(14)6-8(10)3/h4-7,11H,1-3H3,(H,15,16). The summed E-state index contributed by atoms with van der Waals surface area (Å²) in [4.78, 5) is 11.6. The second-order valence-corrected chi connectivity index (χ2v) is 5.52. The molecule has 2 nitrogen and oxygen atoms in total. The summed E-state index contributed by atoms with van der Waals surface area (Å²) >= 11 is 9.21. The number of nitrogens with one attached hydrogen (secondary N) is 1. The molecule has 0 aliphatic heterocycles. The van der Waals surface area contributed by atoms with E-state index in [9.17, 15) is 4.79 Å². The molecular weight excluding hydrogens is 289 g/mol. The van der Waals surface area contributed by atoms with Crippen LogP contribution in [0.25, 0.3) is 0 Å². The molecule has 0 heterocycles. The van der Waals surface area contributed by atoms with Crippen molar-refractivity contribution in [3.05, 3.63) is 28.8 Å². The van der Waals surface area contributed by atoms with Crippen molar-refractivity contribution in [2.24, 2.45) is 5.92 Å². The van der Waals surface area contributed by atoms with Crippen LogP contribution in [0.5, 0.6) is 0 Å². The molecule has 88 valence electrons. The lowest BCUT2D eigenvalue weighted by Gasteiger charge is -2.15. The first-order valence-corrected chi connectivity index (χ1v) is 6.42. The zero-order chi connectivity index (χ0) is 12.3. The van der Waals surface area contributed by atoms with Crippen LogP contribution < -0.4 is 5.32 Å². The fraction of sp³-hybridized carbons (Fsp3) is 0.417. The fourth-order valence-corrected chi connectivity index (χ4v) is 1.61. The van der Waals surface area contributed by atoms with Gasteiger partial charge in [-0.15, -0.1) is 0 Å². The van der Waals surface area contributed by atoms with Crippen LogP contribution in [0.15, 0.2) is 18.2 Å². The minimum absolute atomic E-state index is 0.0274. The van der Waals surface area contributed by atoms with E-state index in [1.807, 2.05) is 32.9 Å². The van der Waals surface area contributed by atoms with Crippen LogP contribution in [0, 0.1) is 12.8 Å². The lowest BCUT2D eigenvalue weighted by Crippen LogP contribution is -2.27. The molecule has 0 aliphatic rings. The molecule has 4 heteroatoms. The van der Waals surface area contributed by atoms with E-state index in [0.717, 1.165) is 11.3 Å². The van der Waals surface area contributed by atoms with E-state index in [-0.39, 0.29) is 16.7 Å². The molecule has 1 aromatic rings. The maximum Gasteiger partial charge on any atom is 0.238 e. The highest BCUT2D eigenvalue weighted by Gasteiger charge is 2.18. The molecule has 0 bridgehead atoms. The minimum atomic E-state index is -0.178. The SMILES string of the molecule is Cc1cc(Cl)ccc1NC(=O)C(Br)C(C)C. The van der Waals surface area contributed by atoms with Crippen molar-refractivity contribution in [2.45, 2.75) is 25.6 Å². The summed E-state index contributed by atoms with van der Waals surface area (Å²) in [5.41, 5.74) is 1.77. The third-order valence-corrected chi connectivity index (χ3v) is 3.99. The number of halogens is 2. The fourth-order valence-electron chi connectivity index (χ4n) is 1.27. The summed E-state index contributed by atoms with van der Waals surface area (Å²) in [5, 5.41) is 3.55. The normalized spacial score (nSPS) is 12.6. The van der Waals surface area contributed by atoms with Gasteiger partial charge in [-0.1, -0.05) is 41.4 Å². The average Bonchev–Trinajstić information content (AvgIpc) is 2.20. The Labute approximate surface area is 110 Å². The largest absolute Gasteiger partial charge is 0.325 e. The predicted molar refractivity (Wildman–Crippen MR) is 72.4 cm³/mol. The van der Waals surface area contributed by atoms with Gasteiger partial charge in [-0.3, -0.25) is 4.79 Å². The van der Waals surface area contributed by atoms with Crippen LogP contribution in [-0.4, -0.2) is 10.7 Å². The molecule has 0 saturated heterocycles. The third-order valence-electron chi connectivity index (χ3n) is 2.28. The number of aryl methyl sites for hydroxylation is 1. The van der Waals surface area contributed by atoms with E-state index in [1.165, 1.54) is 0 Å². The van der Waals surface area contributed by atoms with E-state index >= 15 is 0 Å². The molecule has 1 unspecified atom stereocenters. The van der Waals surface area contributed by atoms with E-state index in [2.05, 4.69) is 21.2 Å². The van der Waals surface area contributed by atoms with Gasteiger partial charge in [0, 0.05) is 10.7 Å². The van der Waals surface area contributed by atoms with Crippen molar-refractivity contribution < 1.29 is 4.79 Å². The molecule has 1 N–H and O–H groups in total. The number of hydrogen-bond acceptors (Lipinski definition) is 1. The summed E-state index contributed by atoms with van der Waals surface area (Å²) in [6.07, 6.45) is 0. The minimum Gasteiger partial charge on any atom is -0.325 e. The Kier molecular flexibility index (Phi) is 4.81. The first-order chi connectivity index (χ1) is 7.41. The van der Waals surface area contributed by atoms with Gasteiger partial charge >= 0.3 is 0 Å². The van der Waals surface area contributed by atoms with Crippen molar-refractivity contribution in [1.82, 2.24) is 0 Å². The Morgan fingerprint density at radius 2 is 2.06 bits per heavy atom. The van der Waals surface area contributed by atoms with Crippen molar-refractivity contribution in [3.63, 3.8) is 0 Å². The molecule has 0 saturated carbocycles. The van der Waals surface area contributed by atoms with E-state index in [4.69, 9.17) is 11.6 Å². The van der Waals surface area contributed by atoms with Gasteiger partial charge in [0.15, 0.2) is 0 Å². The Morgan fingerprint density at radius 3 is 2.56 bits per heavy atom. The summed E-state index contributed by atoms with van der Waals surface area (Å²) < 4.78 is 0. The lowest BCUT2D eigenvalue weighted by molar-refractivity contribution is -0.116. The maximum absolute atomic E-state index is 11.8. The average molecular weight is 305 g/mol. The zero-order valence-electron chi connectivity index (χ0n) is 9.55. The van der Waals surface area contributed by atoms with Gasteiger partial charge in [0.05, 0.1) is 4.83 Å². The van der Waals surface area contributed by atoms with Crippen LogP contribution in [0.2, 0.25) is 5.02 Å². The van der Waals surface area contributed by atoms with Crippen LogP contribution in [-0.2, 0) is 4.79 Å². The monoisotopic (exact) mass is 303 g/mol.